The maximum absolute atomic E-state index is 10.8. The van der Waals surface area contributed by atoms with Crippen molar-refractivity contribution in [2.24, 2.45) is 0 Å². The highest BCUT2D eigenvalue weighted by atomic mass is 32.1. The van der Waals surface area contributed by atoms with Crippen molar-refractivity contribution < 1.29 is 9.90 Å². The number of nitrogens with one attached hydrogen (secondary N) is 1. The van der Waals surface area contributed by atoms with Crippen LogP contribution in [0.3, 0.4) is 0 Å². The lowest BCUT2D eigenvalue weighted by molar-refractivity contribution is 0.0694. The van der Waals surface area contributed by atoms with E-state index in [1.165, 1.54) is 0 Å². The third-order valence-electron chi connectivity index (χ3n) is 1.15. The Labute approximate surface area is 71.0 Å². The minimum Gasteiger partial charge on any atom is -0.477 e. The molecular formula is C5H4N2O4S. The Bertz CT molecular complexity index is 432. The van der Waals surface area contributed by atoms with E-state index >= 15 is 0 Å². The molecule has 0 atom stereocenters. The summed E-state index contributed by atoms with van der Waals surface area (Å²) in [6.07, 6.45) is 0.840. The molecule has 0 aliphatic rings. The van der Waals surface area contributed by atoms with Gasteiger partial charge in [-0.3, -0.25) is 9.78 Å². The van der Waals surface area contributed by atoms with Gasteiger partial charge in [0, 0.05) is 6.20 Å². The Kier molecular flexibility index (Phi) is 2.05. The normalized spacial score (nSPS) is 9.75. The highest BCUT2D eigenvalue weighted by Gasteiger charge is 2.09. The summed E-state index contributed by atoms with van der Waals surface area (Å²) in [5, 5.41) is 8.41. The summed E-state index contributed by atoms with van der Waals surface area (Å²) in [7, 11) is 0. The van der Waals surface area contributed by atoms with Gasteiger partial charge in [0.05, 0.1) is 0 Å². The van der Waals surface area contributed by atoms with E-state index in [4.69, 9.17) is 5.11 Å². The van der Waals surface area contributed by atoms with E-state index in [2.05, 4.69) is 12.8 Å². The van der Waals surface area contributed by atoms with Crippen molar-refractivity contribution >= 4 is 18.8 Å². The van der Waals surface area contributed by atoms with Gasteiger partial charge in [-0.25, -0.2) is 13.6 Å². The topological polar surface area (TPSA) is 92.2 Å². The van der Waals surface area contributed by atoms with Gasteiger partial charge in [-0.2, -0.15) is 0 Å². The van der Waals surface area contributed by atoms with E-state index in [9.17, 15) is 14.4 Å². The predicted molar refractivity (Wildman–Crippen MR) is 42.7 cm³/mol. The molecule has 64 valence electrons. The smallest absolute Gasteiger partial charge is 0.342 e. The summed E-state index contributed by atoms with van der Waals surface area (Å²) in [5.74, 6) is -1.40. The molecule has 0 amide bonds. The molecule has 0 saturated carbocycles. The number of rotatable bonds is 1. The number of hydrogen-bond acceptors (Lipinski definition) is 4. The zero-order chi connectivity index (χ0) is 9.30. The van der Waals surface area contributed by atoms with E-state index in [0.717, 1.165) is 6.20 Å². The zero-order valence-corrected chi connectivity index (χ0v) is 6.54. The fourth-order valence-corrected chi connectivity index (χ4v) is 0.779. The third kappa shape index (κ3) is 1.40. The van der Waals surface area contributed by atoms with E-state index in [-0.39, 0.29) is 0 Å². The summed E-state index contributed by atoms with van der Waals surface area (Å²) in [6.45, 7) is 0. The van der Waals surface area contributed by atoms with Gasteiger partial charge in [0.25, 0.3) is 5.56 Å². The van der Waals surface area contributed by atoms with E-state index in [0.29, 0.717) is 3.97 Å². The van der Waals surface area contributed by atoms with Crippen LogP contribution in [-0.4, -0.2) is 20.0 Å². The number of nitrogens with zero attached hydrogens (tertiary/aromatic N) is 1. The Morgan fingerprint density at radius 1 is 1.58 bits per heavy atom. The van der Waals surface area contributed by atoms with E-state index in [1.807, 2.05) is 0 Å². The molecule has 0 saturated heterocycles. The average molecular weight is 188 g/mol. The summed E-state index contributed by atoms with van der Waals surface area (Å²) >= 11 is 3.58. The van der Waals surface area contributed by atoms with Crippen molar-refractivity contribution in [1.29, 1.82) is 0 Å². The predicted octanol–water partition coefficient (Wildman–Crippen LogP) is -1.07. The van der Waals surface area contributed by atoms with E-state index < -0.39 is 22.8 Å². The Morgan fingerprint density at radius 2 is 2.17 bits per heavy atom. The summed E-state index contributed by atoms with van der Waals surface area (Å²) < 4.78 is 0.685. The lowest BCUT2D eigenvalue weighted by atomic mass is 10.3. The molecule has 0 bridgehead atoms. The summed E-state index contributed by atoms with van der Waals surface area (Å²) in [6, 6.07) is 0. The summed E-state index contributed by atoms with van der Waals surface area (Å²) in [4.78, 5) is 33.5. The molecule has 1 aromatic heterocycles. The van der Waals surface area contributed by atoms with Crippen molar-refractivity contribution in [3.63, 3.8) is 0 Å². The van der Waals surface area contributed by atoms with Crippen LogP contribution in [0.25, 0.3) is 0 Å². The van der Waals surface area contributed by atoms with Crippen LogP contribution in [0.2, 0.25) is 0 Å². The third-order valence-corrected chi connectivity index (χ3v) is 1.45. The zero-order valence-electron chi connectivity index (χ0n) is 5.64. The second-order valence-electron chi connectivity index (χ2n) is 1.95. The fraction of sp³-hybridized carbons (Fsp3) is 0. The van der Waals surface area contributed by atoms with E-state index in [1.54, 1.807) is 4.98 Å². The van der Waals surface area contributed by atoms with Gasteiger partial charge in [-0.05, 0) is 0 Å². The van der Waals surface area contributed by atoms with Crippen LogP contribution in [0, 0.1) is 0 Å². The molecule has 1 aromatic rings. The van der Waals surface area contributed by atoms with Gasteiger partial charge in [-0.1, -0.05) is 12.8 Å². The van der Waals surface area contributed by atoms with Crippen LogP contribution in [0.1, 0.15) is 10.4 Å². The maximum atomic E-state index is 10.8. The van der Waals surface area contributed by atoms with Crippen LogP contribution >= 0.6 is 12.8 Å². The van der Waals surface area contributed by atoms with Gasteiger partial charge < -0.3 is 5.11 Å². The van der Waals surface area contributed by atoms with Crippen molar-refractivity contribution in [2.75, 3.05) is 0 Å². The van der Waals surface area contributed by atoms with Crippen LogP contribution in [0.15, 0.2) is 15.8 Å². The first-order chi connectivity index (χ1) is 5.52. The van der Waals surface area contributed by atoms with Crippen molar-refractivity contribution in [1.82, 2.24) is 8.96 Å². The number of thiol groups is 1. The second kappa shape index (κ2) is 2.86. The van der Waals surface area contributed by atoms with Gasteiger partial charge in [0.15, 0.2) is 0 Å². The first-order valence-electron chi connectivity index (χ1n) is 2.81. The number of carboxylic acids is 1. The molecule has 0 aliphatic carbocycles. The molecule has 1 rings (SSSR count). The summed E-state index contributed by atoms with van der Waals surface area (Å²) in [5.41, 5.74) is -2.23. The largest absolute Gasteiger partial charge is 0.477 e. The standard InChI is InChI=1S/C5H4N2O4S/c8-3-2(4(9)10)1-7(12)5(11)6-3/h1,12H,(H,9,10)(H,6,8,11). The molecule has 0 fully saturated rings. The Morgan fingerprint density at radius 3 is 2.67 bits per heavy atom. The van der Waals surface area contributed by atoms with Crippen LogP contribution < -0.4 is 11.2 Å². The first kappa shape index (κ1) is 8.60. The number of hydrogen-bond donors (Lipinski definition) is 3. The van der Waals surface area contributed by atoms with Gasteiger partial charge in [0.2, 0.25) is 0 Å². The van der Waals surface area contributed by atoms with Crippen molar-refractivity contribution in [3.8, 4) is 0 Å². The molecule has 1 heterocycles. The van der Waals surface area contributed by atoms with Gasteiger partial charge in [-0.15, -0.1) is 0 Å². The molecule has 0 radical (unpaired) electrons. The highest BCUT2D eigenvalue weighted by Crippen LogP contribution is 1.87. The van der Waals surface area contributed by atoms with Crippen LogP contribution in [0.4, 0.5) is 0 Å². The quantitative estimate of drug-likeness (QED) is 0.489. The lowest BCUT2D eigenvalue weighted by Gasteiger charge is -1.95. The van der Waals surface area contributed by atoms with Gasteiger partial charge >= 0.3 is 11.7 Å². The van der Waals surface area contributed by atoms with Crippen LogP contribution in [0.5, 0.6) is 0 Å². The number of aromatic amines is 1. The molecule has 0 unspecified atom stereocenters. The molecule has 12 heavy (non-hydrogen) atoms. The number of carboxylic acid groups (broad SMARTS) is 1. The lowest BCUT2D eigenvalue weighted by Crippen LogP contribution is -2.30. The molecular weight excluding hydrogens is 184 g/mol. The number of aromatic carboxylic acids is 1. The molecule has 7 heteroatoms. The van der Waals surface area contributed by atoms with Crippen LogP contribution in [-0.2, 0) is 0 Å². The molecule has 2 N–H and O–H groups in total. The van der Waals surface area contributed by atoms with Gasteiger partial charge in [0.1, 0.15) is 5.56 Å². The maximum Gasteiger partial charge on any atom is 0.342 e. The monoisotopic (exact) mass is 188 g/mol. The number of carbonyl (C=O) groups is 1. The molecule has 0 spiro atoms. The minimum atomic E-state index is -1.40. The Balaban J connectivity index is 3.54. The average Bonchev–Trinajstić information content (AvgIpc) is 1.96. The molecule has 6 nitrogen and oxygen atoms in total. The van der Waals surface area contributed by atoms with Crippen molar-refractivity contribution in [2.45, 2.75) is 0 Å². The first-order valence-corrected chi connectivity index (χ1v) is 3.21. The van der Waals surface area contributed by atoms with Crippen molar-refractivity contribution in [3.05, 3.63) is 32.6 Å². The highest BCUT2D eigenvalue weighted by molar-refractivity contribution is 7.78. The number of aromatic nitrogens is 2. The minimum absolute atomic E-state index is 0.524. The number of H-pyrrole nitrogens is 1. The Hall–Kier alpha value is -1.50. The SMILES string of the molecule is O=C(O)c1cn(S)c(=O)[nH]c1=O. The second-order valence-corrected chi connectivity index (χ2v) is 2.38. The molecule has 0 aromatic carbocycles. The fourth-order valence-electron chi connectivity index (χ4n) is 0.614. The molecule has 0 aliphatic heterocycles.